The SMILES string of the molecule is Cc1nc(C(=O)Nc2cn(Cc3cc(F)c(F)c(F)c3)cn2)sc1CO. The van der Waals surface area contributed by atoms with Crippen LogP contribution in [0.15, 0.2) is 24.7 Å². The van der Waals surface area contributed by atoms with Gasteiger partial charge in [0.2, 0.25) is 0 Å². The standard InChI is InChI=1S/C16H13F3N4O2S/c1-8-12(6-24)26-16(21-8)15(25)22-13-5-23(7-20-13)4-9-2-10(17)14(19)11(18)3-9/h2-3,5,7,24H,4,6H2,1H3,(H,22,25). The summed E-state index contributed by atoms with van der Waals surface area (Å²) in [7, 11) is 0. The van der Waals surface area contributed by atoms with Crippen molar-refractivity contribution in [2.75, 3.05) is 5.32 Å². The van der Waals surface area contributed by atoms with Gasteiger partial charge >= 0.3 is 0 Å². The number of nitrogens with one attached hydrogen (secondary N) is 1. The van der Waals surface area contributed by atoms with E-state index in [0.29, 0.717) is 10.6 Å². The van der Waals surface area contributed by atoms with E-state index >= 15 is 0 Å². The summed E-state index contributed by atoms with van der Waals surface area (Å²) in [6.07, 6.45) is 2.82. The summed E-state index contributed by atoms with van der Waals surface area (Å²) in [5.41, 5.74) is 0.786. The molecular formula is C16H13F3N4O2S. The molecule has 0 aliphatic rings. The summed E-state index contributed by atoms with van der Waals surface area (Å²) in [6, 6.07) is 1.79. The molecule has 2 aromatic heterocycles. The van der Waals surface area contributed by atoms with Crippen LogP contribution >= 0.6 is 11.3 Å². The number of carbonyl (C=O) groups is 1. The second-order valence-corrected chi connectivity index (χ2v) is 6.53. The van der Waals surface area contributed by atoms with Crippen molar-refractivity contribution in [2.45, 2.75) is 20.1 Å². The number of thiazole rings is 1. The van der Waals surface area contributed by atoms with Gasteiger partial charge in [0, 0.05) is 12.7 Å². The van der Waals surface area contributed by atoms with Crippen molar-refractivity contribution in [3.05, 3.63) is 63.3 Å². The predicted molar refractivity (Wildman–Crippen MR) is 88.4 cm³/mol. The van der Waals surface area contributed by atoms with Gasteiger partial charge in [-0.3, -0.25) is 4.79 Å². The predicted octanol–water partition coefficient (Wildman–Crippen LogP) is 2.86. The average Bonchev–Trinajstić information content (AvgIpc) is 3.18. The van der Waals surface area contributed by atoms with Crippen molar-refractivity contribution in [3.8, 4) is 0 Å². The molecule has 10 heteroatoms. The molecule has 0 aliphatic carbocycles. The summed E-state index contributed by atoms with van der Waals surface area (Å²) < 4.78 is 41.0. The van der Waals surface area contributed by atoms with Crippen LogP contribution in [0.4, 0.5) is 19.0 Å². The Bertz CT molecular complexity index is 947. The number of aromatic nitrogens is 3. The highest BCUT2D eigenvalue weighted by atomic mass is 32.1. The third-order valence-electron chi connectivity index (χ3n) is 3.51. The van der Waals surface area contributed by atoms with Crippen molar-refractivity contribution < 1.29 is 23.1 Å². The minimum Gasteiger partial charge on any atom is -0.391 e. The maximum Gasteiger partial charge on any atom is 0.285 e. The molecule has 2 N–H and O–H groups in total. The number of benzene rings is 1. The van der Waals surface area contributed by atoms with Crippen molar-refractivity contribution in [1.82, 2.24) is 14.5 Å². The molecule has 0 unspecified atom stereocenters. The fourth-order valence-corrected chi connectivity index (χ4v) is 3.08. The molecule has 0 atom stereocenters. The molecule has 1 amide bonds. The van der Waals surface area contributed by atoms with Crippen LogP contribution in [0, 0.1) is 24.4 Å². The lowest BCUT2D eigenvalue weighted by Gasteiger charge is -2.04. The van der Waals surface area contributed by atoms with Gasteiger partial charge in [-0.1, -0.05) is 0 Å². The summed E-state index contributed by atoms with van der Waals surface area (Å²) in [4.78, 5) is 20.8. The molecule has 0 spiro atoms. The molecular weight excluding hydrogens is 369 g/mol. The Kier molecular flexibility index (Phi) is 5.05. The van der Waals surface area contributed by atoms with Crippen molar-refractivity contribution in [3.63, 3.8) is 0 Å². The summed E-state index contributed by atoms with van der Waals surface area (Å²) in [6.45, 7) is 1.53. The monoisotopic (exact) mass is 382 g/mol. The van der Waals surface area contributed by atoms with Crippen LogP contribution in [0.3, 0.4) is 0 Å². The van der Waals surface area contributed by atoms with Crippen LogP contribution in [-0.2, 0) is 13.2 Å². The topological polar surface area (TPSA) is 80.0 Å². The van der Waals surface area contributed by atoms with E-state index in [9.17, 15) is 18.0 Å². The van der Waals surface area contributed by atoms with Crippen LogP contribution in [0.1, 0.15) is 25.9 Å². The molecule has 2 heterocycles. The van der Waals surface area contributed by atoms with Gasteiger partial charge in [-0.05, 0) is 24.6 Å². The maximum absolute atomic E-state index is 13.3. The van der Waals surface area contributed by atoms with E-state index in [1.807, 2.05) is 0 Å². The highest BCUT2D eigenvalue weighted by molar-refractivity contribution is 7.13. The van der Waals surface area contributed by atoms with Crippen molar-refractivity contribution >= 4 is 23.1 Å². The molecule has 0 bridgehead atoms. The van der Waals surface area contributed by atoms with Crippen LogP contribution in [-0.4, -0.2) is 25.5 Å². The van der Waals surface area contributed by atoms with E-state index in [2.05, 4.69) is 15.3 Å². The van der Waals surface area contributed by atoms with Crippen LogP contribution in [0.25, 0.3) is 0 Å². The van der Waals surface area contributed by atoms with E-state index in [1.54, 1.807) is 6.92 Å². The Morgan fingerprint density at radius 1 is 1.31 bits per heavy atom. The molecule has 0 fully saturated rings. The number of rotatable bonds is 5. The quantitative estimate of drug-likeness (QED) is 0.665. The van der Waals surface area contributed by atoms with Gasteiger partial charge in [0.05, 0.1) is 23.5 Å². The molecule has 136 valence electrons. The Morgan fingerprint density at radius 2 is 2.00 bits per heavy atom. The second-order valence-electron chi connectivity index (χ2n) is 5.44. The fourth-order valence-electron chi connectivity index (χ4n) is 2.26. The first-order chi connectivity index (χ1) is 12.4. The fraction of sp³-hybridized carbons (Fsp3) is 0.188. The van der Waals surface area contributed by atoms with Gasteiger partial charge in [-0.25, -0.2) is 23.1 Å². The first kappa shape index (κ1) is 18.1. The largest absolute Gasteiger partial charge is 0.391 e. The van der Waals surface area contributed by atoms with E-state index in [1.165, 1.54) is 17.1 Å². The minimum atomic E-state index is -1.52. The maximum atomic E-state index is 13.3. The molecule has 0 saturated carbocycles. The van der Waals surface area contributed by atoms with Crippen molar-refractivity contribution in [1.29, 1.82) is 0 Å². The molecule has 3 rings (SSSR count). The number of carbonyl (C=O) groups excluding carboxylic acids is 1. The van der Waals surface area contributed by atoms with Crippen LogP contribution < -0.4 is 5.32 Å². The van der Waals surface area contributed by atoms with E-state index < -0.39 is 23.4 Å². The van der Waals surface area contributed by atoms with Crippen molar-refractivity contribution in [2.24, 2.45) is 0 Å². The zero-order valence-electron chi connectivity index (χ0n) is 13.5. The normalized spacial score (nSPS) is 11.0. The van der Waals surface area contributed by atoms with E-state index in [0.717, 1.165) is 23.5 Å². The number of imidazole rings is 1. The van der Waals surface area contributed by atoms with Gasteiger partial charge in [-0.15, -0.1) is 11.3 Å². The smallest absolute Gasteiger partial charge is 0.285 e. The molecule has 26 heavy (non-hydrogen) atoms. The number of aliphatic hydroxyl groups excluding tert-OH is 1. The van der Waals surface area contributed by atoms with E-state index in [-0.39, 0.29) is 29.5 Å². The molecule has 6 nitrogen and oxygen atoms in total. The van der Waals surface area contributed by atoms with Gasteiger partial charge < -0.3 is 15.0 Å². The number of nitrogens with zero attached hydrogens (tertiary/aromatic N) is 3. The Labute approximate surface area is 150 Å². The van der Waals surface area contributed by atoms with Gasteiger partial charge in [-0.2, -0.15) is 0 Å². The summed E-state index contributed by atoms with van der Waals surface area (Å²) in [5, 5.41) is 11.9. The van der Waals surface area contributed by atoms with E-state index in [4.69, 9.17) is 5.11 Å². The number of halogens is 3. The highest BCUT2D eigenvalue weighted by Gasteiger charge is 2.15. The number of aliphatic hydroxyl groups is 1. The molecule has 0 saturated heterocycles. The number of amides is 1. The first-order valence-electron chi connectivity index (χ1n) is 7.41. The summed E-state index contributed by atoms with van der Waals surface area (Å²) in [5.74, 6) is -4.33. The van der Waals surface area contributed by atoms with Gasteiger partial charge in [0.15, 0.2) is 28.3 Å². The lowest BCUT2D eigenvalue weighted by Crippen LogP contribution is -2.11. The third kappa shape index (κ3) is 3.75. The second kappa shape index (κ2) is 7.26. The van der Waals surface area contributed by atoms with Crippen LogP contribution in [0.2, 0.25) is 0 Å². The zero-order chi connectivity index (χ0) is 18.8. The molecule has 3 aromatic rings. The third-order valence-corrected chi connectivity index (χ3v) is 4.66. The first-order valence-corrected chi connectivity index (χ1v) is 8.22. The minimum absolute atomic E-state index is 0.0437. The Hall–Kier alpha value is -2.72. The van der Waals surface area contributed by atoms with Crippen LogP contribution in [0.5, 0.6) is 0 Å². The average molecular weight is 382 g/mol. The van der Waals surface area contributed by atoms with Gasteiger partial charge in [0.25, 0.3) is 5.91 Å². The number of hydrogen-bond donors (Lipinski definition) is 2. The highest BCUT2D eigenvalue weighted by Crippen LogP contribution is 2.19. The lowest BCUT2D eigenvalue weighted by atomic mass is 10.2. The number of hydrogen-bond acceptors (Lipinski definition) is 5. The molecule has 0 aliphatic heterocycles. The Balaban J connectivity index is 1.70. The number of anilines is 1. The zero-order valence-corrected chi connectivity index (χ0v) is 14.3. The molecule has 0 radical (unpaired) electrons. The lowest BCUT2D eigenvalue weighted by molar-refractivity contribution is 0.102. The Morgan fingerprint density at radius 3 is 2.62 bits per heavy atom. The van der Waals surface area contributed by atoms with Gasteiger partial charge in [0.1, 0.15) is 0 Å². The summed E-state index contributed by atoms with van der Waals surface area (Å²) >= 11 is 1.07. The molecule has 1 aromatic carbocycles. The number of aryl methyl sites for hydroxylation is 1.